The van der Waals surface area contributed by atoms with Crippen LogP contribution in [0.4, 0.5) is 5.69 Å². The Bertz CT molecular complexity index is 1020. The van der Waals surface area contributed by atoms with Crippen LogP contribution in [0, 0.1) is 10.1 Å². The van der Waals surface area contributed by atoms with Crippen molar-refractivity contribution in [3.8, 4) is 11.5 Å². The number of hydrogen-bond donors (Lipinski definition) is 0. The summed E-state index contributed by atoms with van der Waals surface area (Å²) in [6.07, 6.45) is 0. The molecule has 0 fully saturated rings. The van der Waals surface area contributed by atoms with E-state index < -0.39 is 15.0 Å². The molecular formula is C20H24N2O7S. The first-order valence-electron chi connectivity index (χ1n) is 9.22. The van der Waals surface area contributed by atoms with Crippen molar-refractivity contribution in [2.75, 3.05) is 12.9 Å². The van der Waals surface area contributed by atoms with Gasteiger partial charge in [0.1, 0.15) is 0 Å². The van der Waals surface area contributed by atoms with Crippen LogP contribution in [0.25, 0.3) is 0 Å². The zero-order valence-electron chi connectivity index (χ0n) is 17.2. The van der Waals surface area contributed by atoms with Crippen molar-refractivity contribution >= 4 is 21.7 Å². The van der Waals surface area contributed by atoms with E-state index in [9.17, 15) is 23.3 Å². The number of nitro benzene ring substituents is 1. The second kappa shape index (κ2) is 9.57. The molecule has 0 radical (unpaired) electrons. The van der Waals surface area contributed by atoms with Gasteiger partial charge in [-0.2, -0.15) is 8.42 Å². The van der Waals surface area contributed by atoms with Crippen LogP contribution in [0.3, 0.4) is 0 Å². The molecule has 0 aliphatic rings. The lowest BCUT2D eigenvalue weighted by Crippen LogP contribution is -2.36. The zero-order chi connectivity index (χ0) is 22.5. The smallest absolute Gasteiger partial charge is 0.309 e. The van der Waals surface area contributed by atoms with Crippen molar-refractivity contribution < 1.29 is 27.1 Å². The first-order chi connectivity index (χ1) is 14.1. The van der Waals surface area contributed by atoms with Crippen LogP contribution in [0.2, 0.25) is 0 Å². The van der Waals surface area contributed by atoms with Crippen LogP contribution >= 0.6 is 0 Å². The van der Waals surface area contributed by atoms with Crippen molar-refractivity contribution in [2.45, 2.75) is 33.4 Å². The molecule has 30 heavy (non-hydrogen) atoms. The molecule has 2 rings (SSSR count). The number of hydrogen-bond acceptors (Lipinski definition) is 7. The number of carbonyl (C=O) groups excluding carboxylic acids is 1. The molecule has 0 heterocycles. The number of ether oxygens (including phenoxy) is 1. The summed E-state index contributed by atoms with van der Waals surface area (Å²) in [6.45, 7) is 5.33. The highest BCUT2D eigenvalue weighted by atomic mass is 32.2. The normalized spacial score (nSPS) is 11.2. The maximum atomic E-state index is 13.0. The zero-order valence-corrected chi connectivity index (χ0v) is 18.0. The molecule has 0 bridgehead atoms. The lowest BCUT2D eigenvalue weighted by Gasteiger charge is -2.27. The highest BCUT2D eigenvalue weighted by molar-refractivity contribution is 7.87. The lowest BCUT2D eigenvalue weighted by atomic mass is 10.1. The molecule has 0 unspecified atom stereocenters. The first kappa shape index (κ1) is 23.1. The van der Waals surface area contributed by atoms with Gasteiger partial charge in [0.25, 0.3) is 11.6 Å². The molecule has 0 saturated carbocycles. The molecule has 1 amide bonds. The van der Waals surface area contributed by atoms with Crippen molar-refractivity contribution in [2.24, 2.45) is 0 Å². The number of nitrogens with zero attached hydrogens (tertiary/aromatic N) is 2. The highest BCUT2D eigenvalue weighted by Crippen LogP contribution is 2.30. The fourth-order valence-corrected chi connectivity index (χ4v) is 3.18. The third-order valence-corrected chi connectivity index (χ3v) is 5.50. The molecule has 0 atom stereocenters. The monoisotopic (exact) mass is 436 g/mol. The third kappa shape index (κ3) is 5.69. The average molecular weight is 436 g/mol. The SMILES string of the molecule is CCS(=O)(=O)Oc1cc(CN(C(=O)c2ccc([N+](=O)[O-])cc2)C(C)C)ccc1OC. The maximum Gasteiger partial charge on any atom is 0.309 e. The summed E-state index contributed by atoms with van der Waals surface area (Å²) in [6, 6.07) is 10.00. The van der Waals surface area contributed by atoms with Gasteiger partial charge in [-0.25, -0.2) is 0 Å². The molecule has 0 saturated heterocycles. The molecule has 9 nitrogen and oxygen atoms in total. The van der Waals surface area contributed by atoms with Gasteiger partial charge in [-0.3, -0.25) is 14.9 Å². The topological polar surface area (TPSA) is 116 Å². The Kier molecular flexibility index (Phi) is 7.38. The minimum Gasteiger partial charge on any atom is -0.493 e. The Labute approximate surface area is 175 Å². The minimum absolute atomic E-state index is 0.0448. The van der Waals surface area contributed by atoms with Crippen molar-refractivity contribution in [3.05, 3.63) is 63.7 Å². The Morgan fingerprint density at radius 2 is 1.77 bits per heavy atom. The van der Waals surface area contributed by atoms with E-state index in [1.807, 2.05) is 13.8 Å². The van der Waals surface area contributed by atoms with E-state index in [4.69, 9.17) is 8.92 Å². The molecule has 0 N–H and O–H groups in total. The van der Waals surface area contributed by atoms with Gasteiger partial charge in [0.15, 0.2) is 11.5 Å². The predicted octanol–water partition coefficient (Wildman–Crippen LogP) is 3.38. The molecule has 0 aromatic heterocycles. The predicted molar refractivity (Wildman–Crippen MR) is 111 cm³/mol. The van der Waals surface area contributed by atoms with Crippen LogP contribution in [0.15, 0.2) is 42.5 Å². The second-order valence-corrected chi connectivity index (χ2v) is 8.61. The van der Waals surface area contributed by atoms with Gasteiger partial charge in [0.05, 0.1) is 17.8 Å². The maximum absolute atomic E-state index is 13.0. The third-order valence-electron chi connectivity index (χ3n) is 4.36. The van der Waals surface area contributed by atoms with Gasteiger partial charge in [0.2, 0.25) is 0 Å². The van der Waals surface area contributed by atoms with Gasteiger partial charge >= 0.3 is 10.1 Å². The molecular weight excluding hydrogens is 412 g/mol. The molecule has 0 aliphatic carbocycles. The van der Waals surface area contributed by atoms with Crippen LogP contribution < -0.4 is 8.92 Å². The summed E-state index contributed by atoms with van der Waals surface area (Å²) in [5.41, 5.74) is 0.852. The summed E-state index contributed by atoms with van der Waals surface area (Å²) < 4.78 is 34.0. The van der Waals surface area contributed by atoms with Crippen molar-refractivity contribution in [1.29, 1.82) is 0 Å². The fourth-order valence-electron chi connectivity index (χ4n) is 2.66. The second-order valence-electron chi connectivity index (χ2n) is 6.75. The Morgan fingerprint density at radius 3 is 2.27 bits per heavy atom. The van der Waals surface area contributed by atoms with Gasteiger partial charge in [0, 0.05) is 30.3 Å². The molecule has 162 valence electrons. The number of benzene rings is 2. The fraction of sp³-hybridized carbons (Fsp3) is 0.350. The summed E-state index contributed by atoms with van der Waals surface area (Å²) in [4.78, 5) is 24.8. The van der Waals surface area contributed by atoms with E-state index in [0.717, 1.165) is 0 Å². The summed E-state index contributed by atoms with van der Waals surface area (Å²) in [5, 5.41) is 10.8. The lowest BCUT2D eigenvalue weighted by molar-refractivity contribution is -0.384. The molecule has 2 aromatic rings. The van der Waals surface area contributed by atoms with Crippen LogP contribution in [-0.2, 0) is 16.7 Å². The van der Waals surface area contributed by atoms with E-state index in [-0.39, 0.29) is 41.4 Å². The van der Waals surface area contributed by atoms with E-state index >= 15 is 0 Å². The van der Waals surface area contributed by atoms with Crippen molar-refractivity contribution in [3.63, 3.8) is 0 Å². The Morgan fingerprint density at radius 1 is 1.13 bits per heavy atom. The standard InChI is InChI=1S/C20H24N2O7S/c1-5-30(26,27)29-19-12-15(6-11-18(19)28-4)13-21(14(2)3)20(23)16-7-9-17(10-8-16)22(24)25/h6-12,14H,5,13H2,1-4H3. The molecule has 0 spiro atoms. The number of rotatable bonds is 9. The minimum atomic E-state index is -3.75. The Balaban J connectivity index is 2.31. The van der Waals surface area contributed by atoms with E-state index in [0.29, 0.717) is 11.1 Å². The van der Waals surface area contributed by atoms with Crippen LogP contribution in [0.1, 0.15) is 36.7 Å². The highest BCUT2D eigenvalue weighted by Gasteiger charge is 2.21. The number of methoxy groups -OCH3 is 1. The van der Waals surface area contributed by atoms with E-state index in [2.05, 4.69) is 0 Å². The number of nitro groups is 1. The van der Waals surface area contributed by atoms with Gasteiger partial charge in [-0.05, 0) is 50.6 Å². The number of carbonyl (C=O) groups is 1. The first-order valence-corrected chi connectivity index (χ1v) is 10.8. The number of amides is 1. The van der Waals surface area contributed by atoms with Crippen LogP contribution in [-0.4, -0.2) is 43.1 Å². The van der Waals surface area contributed by atoms with E-state index in [1.165, 1.54) is 44.4 Å². The van der Waals surface area contributed by atoms with Crippen molar-refractivity contribution in [1.82, 2.24) is 4.90 Å². The molecule has 10 heteroatoms. The number of non-ortho nitro benzene ring substituents is 1. The summed E-state index contributed by atoms with van der Waals surface area (Å²) in [7, 11) is -2.35. The average Bonchev–Trinajstić information content (AvgIpc) is 2.71. The molecule has 0 aliphatic heterocycles. The van der Waals surface area contributed by atoms with Gasteiger partial charge < -0.3 is 13.8 Å². The summed E-state index contributed by atoms with van der Waals surface area (Å²) >= 11 is 0. The van der Waals surface area contributed by atoms with Gasteiger partial charge in [-0.1, -0.05) is 6.07 Å². The largest absolute Gasteiger partial charge is 0.493 e. The summed E-state index contributed by atoms with van der Waals surface area (Å²) in [5.74, 6) is -0.201. The Hall–Kier alpha value is -3.14. The van der Waals surface area contributed by atoms with Gasteiger partial charge in [-0.15, -0.1) is 0 Å². The molecule has 2 aromatic carbocycles. The van der Waals surface area contributed by atoms with E-state index in [1.54, 1.807) is 17.0 Å². The van der Waals surface area contributed by atoms with Crippen LogP contribution in [0.5, 0.6) is 11.5 Å². The quantitative estimate of drug-likeness (QED) is 0.336.